The number of carbonyl (C=O) groups excluding carboxylic acids is 1. The lowest BCUT2D eigenvalue weighted by molar-refractivity contribution is -0.114. The largest absolute Gasteiger partial charge is 0.324 e. The van der Waals surface area contributed by atoms with Crippen LogP contribution in [0.3, 0.4) is 0 Å². The first-order valence-electron chi connectivity index (χ1n) is 8.79. The number of sulfonamides is 1. The molecule has 0 aliphatic heterocycles. The second-order valence-electron chi connectivity index (χ2n) is 6.01. The van der Waals surface area contributed by atoms with E-state index in [2.05, 4.69) is 11.9 Å². The third-order valence-electron chi connectivity index (χ3n) is 3.99. The van der Waals surface area contributed by atoms with E-state index in [-0.39, 0.29) is 11.4 Å². The summed E-state index contributed by atoms with van der Waals surface area (Å²) in [4.78, 5) is 12.7. The van der Waals surface area contributed by atoms with Crippen molar-refractivity contribution in [2.75, 3.05) is 16.2 Å². The number of benzene rings is 2. The number of carbonyl (C=O) groups is 1. The molecule has 0 saturated carbocycles. The van der Waals surface area contributed by atoms with Gasteiger partial charge in [-0.25, -0.2) is 8.42 Å². The van der Waals surface area contributed by atoms with E-state index in [1.165, 1.54) is 12.2 Å². The minimum atomic E-state index is -3.97. The highest BCUT2D eigenvalue weighted by atomic mass is 32.2. The maximum atomic E-state index is 13.2. The number of nitrogens with zero attached hydrogens (tertiary/aromatic N) is 1. The van der Waals surface area contributed by atoms with Crippen molar-refractivity contribution < 1.29 is 13.2 Å². The van der Waals surface area contributed by atoms with E-state index < -0.39 is 15.9 Å². The molecule has 28 heavy (non-hydrogen) atoms. The van der Waals surface area contributed by atoms with Gasteiger partial charge in [-0.15, -0.1) is 0 Å². The van der Waals surface area contributed by atoms with Crippen LogP contribution < -0.4 is 9.62 Å². The molecule has 0 aromatic heterocycles. The summed E-state index contributed by atoms with van der Waals surface area (Å²) in [6.45, 7) is 6.90. The average molecular weight is 397 g/mol. The number of para-hydroxylation sites is 2. The Kier molecular flexibility index (Phi) is 7.35. The Morgan fingerprint density at radius 1 is 1.11 bits per heavy atom. The SMILES string of the molecule is C=CC(=CC=CC)S(=O)(=O)N(CC(=O)Nc1ccccc1C)c1ccccc1. The predicted molar refractivity (Wildman–Crippen MR) is 116 cm³/mol. The van der Waals surface area contributed by atoms with Crippen LogP contribution in [0.5, 0.6) is 0 Å². The number of amides is 1. The standard InChI is InChI=1S/C22H24N2O3S/c1-4-6-15-20(5-2)28(26,27)24(19-13-8-7-9-14-19)17-22(25)23-21-16-11-10-12-18(21)3/h4-16H,2,17H2,1,3H3,(H,23,25). The van der Waals surface area contributed by atoms with Crippen molar-refractivity contribution in [2.24, 2.45) is 0 Å². The molecule has 0 radical (unpaired) electrons. The second-order valence-corrected chi connectivity index (χ2v) is 7.87. The predicted octanol–water partition coefficient (Wildman–Crippen LogP) is 4.42. The molecule has 1 N–H and O–H groups in total. The zero-order valence-electron chi connectivity index (χ0n) is 16.0. The number of anilines is 2. The summed E-state index contributed by atoms with van der Waals surface area (Å²) < 4.78 is 27.5. The van der Waals surface area contributed by atoms with Gasteiger partial charge in [0.2, 0.25) is 5.91 Å². The van der Waals surface area contributed by atoms with Crippen LogP contribution in [0.2, 0.25) is 0 Å². The smallest absolute Gasteiger partial charge is 0.264 e. The van der Waals surface area contributed by atoms with E-state index in [0.717, 1.165) is 9.87 Å². The molecule has 2 rings (SSSR count). The fourth-order valence-corrected chi connectivity index (χ4v) is 3.92. The van der Waals surface area contributed by atoms with Crippen LogP contribution in [0, 0.1) is 6.92 Å². The van der Waals surface area contributed by atoms with Gasteiger partial charge in [-0.05, 0) is 49.8 Å². The molecular weight excluding hydrogens is 372 g/mol. The molecular formula is C22H24N2O3S. The topological polar surface area (TPSA) is 66.5 Å². The number of aryl methyl sites for hydroxylation is 1. The molecule has 5 nitrogen and oxygen atoms in total. The molecule has 2 aromatic rings. The Bertz CT molecular complexity index is 993. The Balaban J connectivity index is 2.39. The summed E-state index contributed by atoms with van der Waals surface area (Å²) in [5.41, 5.74) is 1.94. The lowest BCUT2D eigenvalue weighted by Gasteiger charge is -2.24. The van der Waals surface area contributed by atoms with Crippen molar-refractivity contribution in [3.05, 3.63) is 95.9 Å². The molecule has 0 heterocycles. The van der Waals surface area contributed by atoms with Gasteiger partial charge < -0.3 is 5.32 Å². The van der Waals surface area contributed by atoms with Crippen LogP contribution in [-0.2, 0) is 14.8 Å². The van der Waals surface area contributed by atoms with E-state index in [0.29, 0.717) is 11.4 Å². The summed E-state index contributed by atoms with van der Waals surface area (Å²) in [6, 6.07) is 15.8. The summed E-state index contributed by atoms with van der Waals surface area (Å²) >= 11 is 0. The van der Waals surface area contributed by atoms with Gasteiger partial charge in [0.05, 0.1) is 10.6 Å². The summed E-state index contributed by atoms with van der Waals surface area (Å²) in [5.74, 6) is -0.434. The Labute approximate surface area is 166 Å². The van der Waals surface area contributed by atoms with Gasteiger partial charge >= 0.3 is 0 Å². The van der Waals surface area contributed by atoms with E-state index in [9.17, 15) is 13.2 Å². The zero-order chi connectivity index (χ0) is 20.6. The van der Waals surface area contributed by atoms with E-state index in [1.807, 2.05) is 25.1 Å². The van der Waals surface area contributed by atoms with Crippen LogP contribution in [0.15, 0.2) is 90.4 Å². The molecule has 0 fully saturated rings. The van der Waals surface area contributed by atoms with Crippen LogP contribution in [-0.4, -0.2) is 20.9 Å². The first-order valence-corrected chi connectivity index (χ1v) is 10.2. The van der Waals surface area contributed by atoms with Gasteiger partial charge in [-0.1, -0.05) is 55.1 Å². The van der Waals surface area contributed by atoms with Gasteiger partial charge in [-0.2, -0.15) is 0 Å². The third-order valence-corrected chi connectivity index (χ3v) is 5.81. The molecule has 2 aromatic carbocycles. The quantitative estimate of drug-likeness (QED) is 0.672. The zero-order valence-corrected chi connectivity index (χ0v) is 16.8. The van der Waals surface area contributed by atoms with Gasteiger partial charge in [-0.3, -0.25) is 9.10 Å². The lowest BCUT2D eigenvalue weighted by atomic mass is 10.2. The maximum absolute atomic E-state index is 13.2. The summed E-state index contributed by atoms with van der Waals surface area (Å²) in [7, 11) is -3.97. The Morgan fingerprint density at radius 3 is 2.36 bits per heavy atom. The van der Waals surface area contributed by atoms with Gasteiger partial charge in [0.15, 0.2) is 0 Å². The van der Waals surface area contributed by atoms with E-state index in [4.69, 9.17) is 0 Å². The normalized spacial score (nSPS) is 12.0. The van der Waals surface area contributed by atoms with Gasteiger partial charge in [0, 0.05) is 5.69 Å². The van der Waals surface area contributed by atoms with Crippen LogP contribution in [0.4, 0.5) is 11.4 Å². The average Bonchev–Trinajstić information content (AvgIpc) is 2.69. The van der Waals surface area contributed by atoms with Crippen molar-refractivity contribution in [1.29, 1.82) is 0 Å². The van der Waals surface area contributed by atoms with Gasteiger partial charge in [0.25, 0.3) is 10.0 Å². The fourth-order valence-electron chi connectivity index (χ4n) is 2.52. The molecule has 146 valence electrons. The molecule has 6 heteroatoms. The first kappa shape index (κ1) is 21.2. The molecule has 0 aliphatic carbocycles. The molecule has 0 atom stereocenters. The molecule has 0 saturated heterocycles. The second kappa shape index (κ2) is 9.71. The number of allylic oxidation sites excluding steroid dienone is 4. The molecule has 0 bridgehead atoms. The van der Waals surface area contributed by atoms with Gasteiger partial charge in [0.1, 0.15) is 6.54 Å². The van der Waals surface area contributed by atoms with Crippen molar-refractivity contribution in [1.82, 2.24) is 0 Å². The highest BCUT2D eigenvalue weighted by Crippen LogP contribution is 2.23. The maximum Gasteiger partial charge on any atom is 0.264 e. The number of nitrogens with one attached hydrogen (secondary N) is 1. The summed E-state index contributed by atoms with van der Waals surface area (Å²) in [5, 5.41) is 2.78. The molecule has 0 aliphatic rings. The third kappa shape index (κ3) is 5.20. The van der Waals surface area contributed by atoms with Crippen molar-refractivity contribution >= 4 is 27.3 Å². The minimum Gasteiger partial charge on any atom is -0.324 e. The highest BCUT2D eigenvalue weighted by molar-refractivity contribution is 7.96. The molecule has 1 amide bonds. The number of hydrogen-bond donors (Lipinski definition) is 1. The van der Waals surface area contributed by atoms with E-state index >= 15 is 0 Å². The van der Waals surface area contributed by atoms with Crippen LogP contribution in [0.25, 0.3) is 0 Å². The van der Waals surface area contributed by atoms with Crippen molar-refractivity contribution in [3.8, 4) is 0 Å². The monoisotopic (exact) mass is 396 g/mol. The Morgan fingerprint density at radius 2 is 1.75 bits per heavy atom. The minimum absolute atomic E-state index is 0.0122. The van der Waals surface area contributed by atoms with E-state index in [1.54, 1.807) is 55.5 Å². The summed E-state index contributed by atoms with van der Waals surface area (Å²) in [6.07, 6.45) is 6.06. The molecule has 0 spiro atoms. The lowest BCUT2D eigenvalue weighted by Crippen LogP contribution is -2.38. The number of hydrogen-bond acceptors (Lipinski definition) is 3. The Hall–Kier alpha value is -3.12. The first-order chi connectivity index (χ1) is 13.4. The number of rotatable bonds is 8. The van der Waals surface area contributed by atoms with Crippen LogP contribution in [0.1, 0.15) is 12.5 Å². The molecule has 0 unspecified atom stereocenters. The van der Waals surface area contributed by atoms with Crippen molar-refractivity contribution in [2.45, 2.75) is 13.8 Å². The highest BCUT2D eigenvalue weighted by Gasteiger charge is 2.27. The van der Waals surface area contributed by atoms with Crippen LogP contribution >= 0.6 is 0 Å². The van der Waals surface area contributed by atoms with Crippen molar-refractivity contribution in [3.63, 3.8) is 0 Å². The fraction of sp³-hybridized carbons (Fsp3) is 0.136.